The first kappa shape index (κ1) is 13.5. The van der Waals surface area contributed by atoms with Crippen LogP contribution in [0.1, 0.15) is 12.5 Å². The minimum atomic E-state index is -3.89. The maximum Gasteiger partial charge on any atom is 0.243 e. The highest BCUT2D eigenvalue weighted by molar-refractivity contribution is 7.89. The molecule has 17 heavy (non-hydrogen) atoms. The van der Waals surface area contributed by atoms with Gasteiger partial charge in [0.1, 0.15) is 10.9 Å². The lowest BCUT2D eigenvalue weighted by Gasteiger charge is -2.09. The average molecular weight is 270 g/mol. The summed E-state index contributed by atoms with van der Waals surface area (Å²) < 4.78 is 25.8. The van der Waals surface area contributed by atoms with Crippen LogP contribution in [0, 0.1) is 22.7 Å². The van der Waals surface area contributed by atoms with Crippen molar-refractivity contribution in [2.75, 3.05) is 0 Å². The smallest absolute Gasteiger partial charge is 0.207 e. The van der Waals surface area contributed by atoms with Gasteiger partial charge < -0.3 is 0 Å². The highest BCUT2D eigenvalue weighted by Gasteiger charge is 2.20. The fraction of sp³-hybridized carbons (Fsp3) is 0.200. The largest absolute Gasteiger partial charge is 0.243 e. The Kier molecular flexibility index (Phi) is 4.08. The fourth-order valence-electron chi connectivity index (χ4n) is 1.10. The van der Waals surface area contributed by atoms with E-state index in [2.05, 4.69) is 4.72 Å². The molecule has 0 bridgehead atoms. The third kappa shape index (κ3) is 3.18. The monoisotopic (exact) mass is 269 g/mol. The van der Waals surface area contributed by atoms with Gasteiger partial charge in [-0.3, -0.25) is 0 Å². The van der Waals surface area contributed by atoms with E-state index in [1.165, 1.54) is 19.1 Å². The van der Waals surface area contributed by atoms with Crippen LogP contribution in [0.15, 0.2) is 23.1 Å². The zero-order valence-electron chi connectivity index (χ0n) is 8.81. The lowest BCUT2D eigenvalue weighted by Crippen LogP contribution is -2.31. The van der Waals surface area contributed by atoms with Crippen LogP contribution < -0.4 is 4.72 Å². The molecule has 0 aliphatic heterocycles. The third-order valence-electron chi connectivity index (χ3n) is 1.88. The highest BCUT2D eigenvalue weighted by atomic mass is 35.5. The maximum atomic E-state index is 11.8. The second-order valence-corrected chi connectivity index (χ2v) is 5.32. The molecule has 7 heteroatoms. The van der Waals surface area contributed by atoms with Gasteiger partial charge in [-0.1, -0.05) is 11.6 Å². The molecule has 1 rings (SSSR count). The fourth-order valence-corrected chi connectivity index (χ4v) is 2.78. The summed E-state index contributed by atoms with van der Waals surface area (Å²) in [6.07, 6.45) is 0. The molecule has 1 unspecified atom stereocenters. The summed E-state index contributed by atoms with van der Waals surface area (Å²) in [4.78, 5) is -0.208. The molecule has 88 valence electrons. The number of hydrogen-bond donors (Lipinski definition) is 1. The molecule has 0 saturated heterocycles. The molecule has 0 aliphatic rings. The molecular weight excluding hydrogens is 262 g/mol. The molecule has 0 amide bonds. The van der Waals surface area contributed by atoms with Gasteiger partial charge in [-0.25, -0.2) is 8.42 Å². The Labute approximate surface area is 104 Å². The van der Waals surface area contributed by atoms with Gasteiger partial charge in [0.25, 0.3) is 0 Å². The van der Waals surface area contributed by atoms with Crippen LogP contribution in [-0.4, -0.2) is 14.5 Å². The summed E-state index contributed by atoms with van der Waals surface area (Å²) in [6.45, 7) is 1.40. The van der Waals surface area contributed by atoms with Crippen LogP contribution in [0.3, 0.4) is 0 Å². The zero-order valence-corrected chi connectivity index (χ0v) is 10.4. The normalized spacial score (nSPS) is 12.5. The van der Waals surface area contributed by atoms with Gasteiger partial charge in [-0.15, -0.1) is 0 Å². The van der Waals surface area contributed by atoms with E-state index >= 15 is 0 Å². The van der Waals surface area contributed by atoms with Crippen LogP contribution in [0.4, 0.5) is 0 Å². The molecule has 0 heterocycles. The van der Waals surface area contributed by atoms with E-state index < -0.39 is 16.1 Å². The second-order valence-electron chi connectivity index (χ2n) is 3.23. The Morgan fingerprint density at radius 3 is 2.59 bits per heavy atom. The summed E-state index contributed by atoms with van der Waals surface area (Å²) in [6, 6.07) is 6.58. The molecule has 0 aliphatic carbocycles. The van der Waals surface area contributed by atoms with Crippen LogP contribution >= 0.6 is 11.6 Å². The van der Waals surface area contributed by atoms with Crippen LogP contribution in [0.25, 0.3) is 0 Å². The lowest BCUT2D eigenvalue weighted by molar-refractivity contribution is 0.577. The predicted molar refractivity (Wildman–Crippen MR) is 61.6 cm³/mol. The summed E-state index contributed by atoms with van der Waals surface area (Å²) in [5, 5.41) is 17.2. The number of rotatable bonds is 3. The molecule has 5 nitrogen and oxygen atoms in total. The Morgan fingerprint density at radius 2 is 2.06 bits per heavy atom. The molecule has 0 fully saturated rings. The van der Waals surface area contributed by atoms with Gasteiger partial charge in [-0.05, 0) is 25.1 Å². The number of sulfonamides is 1. The number of halogens is 1. The van der Waals surface area contributed by atoms with Crippen molar-refractivity contribution in [2.45, 2.75) is 17.9 Å². The molecule has 0 aromatic heterocycles. The van der Waals surface area contributed by atoms with Gasteiger partial charge in [0.15, 0.2) is 0 Å². The topological polar surface area (TPSA) is 93.8 Å². The first-order chi connectivity index (χ1) is 7.90. The highest BCUT2D eigenvalue weighted by Crippen LogP contribution is 2.22. The average Bonchev–Trinajstić information content (AvgIpc) is 2.28. The second kappa shape index (κ2) is 5.15. The van der Waals surface area contributed by atoms with Crippen molar-refractivity contribution < 1.29 is 8.42 Å². The van der Waals surface area contributed by atoms with E-state index in [-0.39, 0.29) is 15.5 Å². The van der Waals surface area contributed by atoms with Crippen molar-refractivity contribution in [2.24, 2.45) is 0 Å². The van der Waals surface area contributed by atoms with Gasteiger partial charge in [0, 0.05) is 0 Å². The SMILES string of the molecule is CC(C#N)NS(=O)(=O)c1cc(C#N)ccc1Cl. The number of hydrogen-bond acceptors (Lipinski definition) is 4. The van der Waals surface area contributed by atoms with Crippen molar-refractivity contribution in [1.82, 2.24) is 4.72 Å². The van der Waals surface area contributed by atoms with Crippen LogP contribution in [-0.2, 0) is 10.0 Å². The molecule has 1 N–H and O–H groups in total. The van der Waals surface area contributed by atoms with Crippen molar-refractivity contribution in [1.29, 1.82) is 10.5 Å². The maximum absolute atomic E-state index is 11.8. The molecule has 1 atom stereocenters. The first-order valence-electron chi connectivity index (χ1n) is 4.52. The Balaban J connectivity index is 3.25. The number of nitrogens with zero attached hydrogens (tertiary/aromatic N) is 2. The Hall–Kier alpha value is -1.60. The quantitative estimate of drug-likeness (QED) is 0.897. The summed E-state index contributed by atoms with van der Waals surface area (Å²) in [5.41, 5.74) is 0.180. The van der Waals surface area contributed by atoms with E-state index in [1.807, 2.05) is 6.07 Å². The van der Waals surface area contributed by atoms with Crippen LogP contribution in [0.5, 0.6) is 0 Å². The van der Waals surface area contributed by atoms with Gasteiger partial charge in [-0.2, -0.15) is 15.2 Å². The first-order valence-corrected chi connectivity index (χ1v) is 6.38. The molecule has 1 aromatic carbocycles. The number of nitriles is 2. The van der Waals surface area contributed by atoms with Crippen molar-refractivity contribution in [3.8, 4) is 12.1 Å². The van der Waals surface area contributed by atoms with Gasteiger partial charge in [0.05, 0.1) is 22.7 Å². The van der Waals surface area contributed by atoms with Crippen molar-refractivity contribution in [3.63, 3.8) is 0 Å². The zero-order chi connectivity index (χ0) is 13.1. The Morgan fingerprint density at radius 1 is 1.41 bits per heavy atom. The van der Waals surface area contributed by atoms with E-state index in [4.69, 9.17) is 22.1 Å². The number of benzene rings is 1. The minimum Gasteiger partial charge on any atom is -0.207 e. The van der Waals surface area contributed by atoms with Crippen molar-refractivity contribution >= 4 is 21.6 Å². The summed E-state index contributed by atoms with van der Waals surface area (Å²) in [5.74, 6) is 0. The summed E-state index contributed by atoms with van der Waals surface area (Å²) in [7, 11) is -3.89. The van der Waals surface area contributed by atoms with Gasteiger partial charge >= 0.3 is 0 Å². The minimum absolute atomic E-state index is 0.00152. The lowest BCUT2D eigenvalue weighted by atomic mass is 10.2. The van der Waals surface area contributed by atoms with E-state index in [9.17, 15) is 8.42 Å². The third-order valence-corrected chi connectivity index (χ3v) is 3.90. The number of nitrogens with one attached hydrogen (secondary N) is 1. The Bertz CT molecular complexity index is 613. The van der Waals surface area contributed by atoms with E-state index in [0.29, 0.717) is 0 Å². The molecule has 0 saturated carbocycles. The summed E-state index contributed by atoms with van der Waals surface area (Å²) >= 11 is 5.75. The van der Waals surface area contributed by atoms with Crippen molar-refractivity contribution in [3.05, 3.63) is 28.8 Å². The van der Waals surface area contributed by atoms with Crippen LogP contribution in [0.2, 0.25) is 5.02 Å². The predicted octanol–water partition coefficient (Wildman–Crippen LogP) is 1.40. The standard InChI is InChI=1S/C10H8ClN3O2S/c1-7(5-12)14-17(15,16)10-4-8(6-13)2-3-9(10)11/h2-4,7,14H,1H3. The molecule has 0 spiro atoms. The van der Waals surface area contributed by atoms with E-state index in [1.54, 1.807) is 6.07 Å². The van der Waals surface area contributed by atoms with E-state index in [0.717, 1.165) is 6.07 Å². The molecule has 0 radical (unpaired) electrons. The molecule has 1 aromatic rings. The molecular formula is C10H8ClN3O2S. The van der Waals surface area contributed by atoms with Gasteiger partial charge in [0.2, 0.25) is 10.0 Å².